The number of fused-ring (bicyclic) bond motifs is 1. The molecule has 1 aromatic heterocycles. The quantitative estimate of drug-likeness (QED) is 0.604. The SMILES string of the molecule is CC(C)(C)CC(=O)Nc1c(C(=O)Nc2cccc(Cl)c2)oc2ccccc12. The monoisotopic (exact) mass is 384 g/mol. The highest BCUT2D eigenvalue weighted by atomic mass is 35.5. The molecule has 6 heteroatoms. The van der Waals surface area contributed by atoms with E-state index >= 15 is 0 Å². The number of amides is 2. The van der Waals surface area contributed by atoms with Crippen LogP contribution in [0.5, 0.6) is 0 Å². The molecule has 0 bridgehead atoms. The molecule has 0 radical (unpaired) electrons. The van der Waals surface area contributed by atoms with Crippen LogP contribution >= 0.6 is 11.6 Å². The van der Waals surface area contributed by atoms with Crippen LogP contribution in [-0.4, -0.2) is 11.8 Å². The van der Waals surface area contributed by atoms with Crippen molar-refractivity contribution in [2.24, 2.45) is 5.41 Å². The number of carbonyl (C=O) groups is 2. The van der Waals surface area contributed by atoms with Crippen molar-refractivity contribution >= 4 is 45.8 Å². The molecule has 5 nitrogen and oxygen atoms in total. The molecule has 2 aromatic carbocycles. The maximum Gasteiger partial charge on any atom is 0.293 e. The number of furan rings is 1. The second-order valence-corrected chi connectivity index (χ2v) is 7.99. The van der Waals surface area contributed by atoms with Crippen molar-refractivity contribution < 1.29 is 14.0 Å². The molecular formula is C21H21ClN2O3. The van der Waals surface area contributed by atoms with Crippen LogP contribution in [0.15, 0.2) is 52.9 Å². The van der Waals surface area contributed by atoms with Gasteiger partial charge in [0.1, 0.15) is 11.3 Å². The van der Waals surface area contributed by atoms with Crippen LogP contribution in [-0.2, 0) is 4.79 Å². The highest BCUT2D eigenvalue weighted by Crippen LogP contribution is 2.32. The molecule has 27 heavy (non-hydrogen) atoms. The highest BCUT2D eigenvalue weighted by Gasteiger charge is 2.24. The Bertz CT molecular complexity index is 1000. The molecule has 2 amide bonds. The van der Waals surface area contributed by atoms with Crippen LogP contribution in [0.25, 0.3) is 11.0 Å². The van der Waals surface area contributed by atoms with Crippen LogP contribution in [0.4, 0.5) is 11.4 Å². The molecule has 0 saturated carbocycles. The normalized spacial score (nSPS) is 11.4. The van der Waals surface area contributed by atoms with Gasteiger partial charge in [0, 0.05) is 22.5 Å². The van der Waals surface area contributed by atoms with Crippen molar-refractivity contribution in [2.75, 3.05) is 10.6 Å². The molecule has 0 atom stereocenters. The number of nitrogens with one attached hydrogen (secondary N) is 2. The first-order chi connectivity index (χ1) is 12.7. The minimum Gasteiger partial charge on any atom is -0.449 e. The maximum absolute atomic E-state index is 12.8. The molecule has 0 aliphatic heterocycles. The summed E-state index contributed by atoms with van der Waals surface area (Å²) in [7, 11) is 0. The first-order valence-corrected chi connectivity index (χ1v) is 8.99. The lowest BCUT2D eigenvalue weighted by atomic mass is 9.92. The van der Waals surface area contributed by atoms with E-state index in [2.05, 4.69) is 10.6 Å². The van der Waals surface area contributed by atoms with E-state index in [4.69, 9.17) is 16.0 Å². The summed E-state index contributed by atoms with van der Waals surface area (Å²) in [5, 5.41) is 6.79. The van der Waals surface area contributed by atoms with Gasteiger partial charge in [-0.05, 0) is 35.7 Å². The van der Waals surface area contributed by atoms with E-state index in [9.17, 15) is 9.59 Å². The summed E-state index contributed by atoms with van der Waals surface area (Å²) in [4.78, 5) is 25.2. The van der Waals surface area contributed by atoms with Gasteiger partial charge in [-0.25, -0.2) is 0 Å². The summed E-state index contributed by atoms with van der Waals surface area (Å²) in [6, 6.07) is 14.0. The molecule has 1 heterocycles. The summed E-state index contributed by atoms with van der Waals surface area (Å²) in [5.41, 5.74) is 1.27. The van der Waals surface area contributed by atoms with Gasteiger partial charge < -0.3 is 15.1 Å². The number of hydrogen-bond acceptors (Lipinski definition) is 3. The van der Waals surface area contributed by atoms with E-state index in [1.54, 1.807) is 30.3 Å². The highest BCUT2D eigenvalue weighted by molar-refractivity contribution is 6.31. The Morgan fingerprint density at radius 1 is 1.04 bits per heavy atom. The molecular weight excluding hydrogens is 364 g/mol. The Labute approximate surface area is 162 Å². The van der Waals surface area contributed by atoms with Gasteiger partial charge in [-0.3, -0.25) is 9.59 Å². The van der Waals surface area contributed by atoms with Crippen molar-refractivity contribution in [3.8, 4) is 0 Å². The molecule has 2 N–H and O–H groups in total. The van der Waals surface area contributed by atoms with Gasteiger partial charge in [0.25, 0.3) is 5.91 Å². The van der Waals surface area contributed by atoms with E-state index in [1.165, 1.54) is 0 Å². The fraction of sp³-hybridized carbons (Fsp3) is 0.238. The van der Waals surface area contributed by atoms with Gasteiger partial charge in [0.15, 0.2) is 0 Å². The van der Waals surface area contributed by atoms with Crippen molar-refractivity contribution in [1.29, 1.82) is 0 Å². The van der Waals surface area contributed by atoms with Crippen LogP contribution in [0, 0.1) is 5.41 Å². The molecule has 0 saturated heterocycles. The van der Waals surface area contributed by atoms with Gasteiger partial charge in [-0.15, -0.1) is 0 Å². The van der Waals surface area contributed by atoms with Crippen LogP contribution < -0.4 is 10.6 Å². The maximum atomic E-state index is 12.8. The number of rotatable bonds is 4. The number of hydrogen-bond donors (Lipinski definition) is 2. The van der Waals surface area contributed by atoms with Crippen molar-refractivity contribution in [3.63, 3.8) is 0 Å². The molecule has 0 unspecified atom stereocenters. The second-order valence-electron chi connectivity index (χ2n) is 7.55. The van der Waals surface area contributed by atoms with E-state index in [-0.39, 0.29) is 17.1 Å². The topological polar surface area (TPSA) is 71.3 Å². The van der Waals surface area contributed by atoms with E-state index in [0.29, 0.717) is 33.8 Å². The third-order valence-corrected chi connectivity index (χ3v) is 4.07. The Hall–Kier alpha value is -2.79. The third kappa shape index (κ3) is 4.68. The second kappa shape index (κ2) is 7.45. The van der Waals surface area contributed by atoms with Gasteiger partial charge in [0.2, 0.25) is 11.7 Å². The Morgan fingerprint density at radius 2 is 1.78 bits per heavy atom. The molecule has 3 aromatic rings. The molecule has 0 aliphatic rings. The third-order valence-electron chi connectivity index (χ3n) is 3.84. The number of para-hydroxylation sites is 1. The van der Waals surface area contributed by atoms with Crippen molar-refractivity contribution in [2.45, 2.75) is 27.2 Å². The first-order valence-electron chi connectivity index (χ1n) is 8.61. The Balaban J connectivity index is 1.94. The lowest BCUT2D eigenvalue weighted by molar-refractivity contribution is -0.117. The molecule has 3 rings (SSSR count). The standard InChI is InChI=1S/C21H21ClN2O3/c1-21(2,3)12-17(25)24-18-15-9-4-5-10-16(15)27-19(18)20(26)23-14-8-6-7-13(22)11-14/h4-11H,12H2,1-3H3,(H,23,26)(H,24,25). The fourth-order valence-corrected chi connectivity index (χ4v) is 2.94. The van der Waals surface area contributed by atoms with Crippen molar-refractivity contribution in [1.82, 2.24) is 0 Å². The number of halogens is 1. The average Bonchev–Trinajstić information content (AvgIpc) is 2.92. The van der Waals surface area contributed by atoms with Gasteiger partial charge in [0.05, 0.1) is 0 Å². The average molecular weight is 385 g/mol. The fourth-order valence-electron chi connectivity index (χ4n) is 2.75. The largest absolute Gasteiger partial charge is 0.449 e. The predicted octanol–water partition coefficient (Wildman–Crippen LogP) is 5.71. The zero-order valence-electron chi connectivity index (χ0n) is 15.4. The zero-order chi connectivity index (χ0) is 19.6. The predicted molar refractivity (Wildman–Crippen MR) is 108 cm³/mol. The number of anilines is 2. The number of carbonyl (C=O) groups excluding carboxylic acids is 2. The van der Waals surface area contributed by atoms with Crippen molar-refractivity contribution in [3.05, 3.63) is 59.3 Å². The van der Waals surface area contributed by atoms with E-state index in [0.717, 1.165) is 0 Å². The van der Waals surface area contributed by atoms with Gasteiger partial charge >= 0.3 is 0 Å². The van der Waals surface area contributed by atoms with Crippen LogP contribution in [0.1, 0.15) is 37.7 Å². The minimum atomic E-state index is -0.459. The smallest absolute Gasteiger partial charge is 0.293 e. The molecule has 0 fully saturated rings. The number of benzene rings is 2. The Morgan fingerprint density at radius 3 is 2.48 bits per heavy atom. The van der Waals surface area contributed by atoms with E-state index in [1.807, 2.05) is 39.0 Å². The summed E-state index contributed by atoms with van der Waals surface area (Å²) in [6.07, 6.45) is 0.321. The summed E-state index contributed by atoms with van der Waals surface area (Å²) >= 11 is 5.97. The minimum absolute atomic E-state index is 0.0541. The van der Waals surface area contributed by atoms with E-state index < -0.39 is 5.91 Å². The summed E-state index contributed by atoms with van der Waals surface area (Å²) in [6.45, 7) is 5.94. The lowest BCUT2D eigenvalue weighted by Gasteiger charge is -2.17. The lowest BCUT2D eigenvalue weighted by Crippen LogP contribution is -2.21. The summed E-state index contributed by atoms with van der Waals surface area (Å²) in [5.74, 6) is -0.580. The Kier molecular flexibility index (Phi) is 5.24. The molecule has 0 aliphatic carbocycles. The molecule has 140 valence electrons. The van der Waals surface area contributed by atoms with Gasteiger partial charge in [-0.1, -0.05) is 50.6 Å². The summed E-state index contributed by atoms with van der Waals surface area (Å²) < 4.78 is 5.73. The van der Waals surface area contributed by atoms with Gasteiger partial charge in [-0.2, -0.15) is 0 Å². The first kappa shape index (κ1) is 19.0. The van der Waals surface area contributed by atoms with Crippen LogP contribution in [0.2, 0.25) is 5.02 Å². The zero-order valence-corrected chi connectivity index (χ0v) is 16.2. The van der Waals surface area contributed by atoms with Crippen LogP contribution in [0.3, 0.4) is 0 Å². The molecule has 0 spiro atoms.